The molecule has 1 aromatic rings. The minimum Gasteiger partial charge on any atom is -0.377 e. The summed E-state index contributed by atoms with van der Waals surface area (Å²) in [6, 6.07) is 6.07. The van der Waals surface area contributed by atoms with Crippen LogP contribution in [0.3, 0.4) is 0 Å². The van der Waals surface area contributed by atoms with E-state index in [0.29, 0.717) is 6.61 Å². The van der Waals surface area contributed by atoms with Gasteiger partial charge in [0.25, 0.3) is 0 Å². The number of hydrogen-bond donors (Lipinski definition) is 0. The highest BCUT2D eigenvalue weighted by atomic mass is 16.5. The molecule has 1 rings (SSSR count). The Bertz CT molecular complexity index is 414. The molecule has 0 amide bonds. The van der Waals surface area contributed by atoms with Gasteiger partial charge < -0.3 is 4.74 Å². The van der Waals surface area contributed by atoms with Gasteiger partial charge in [-0.15, -0.1) is 0 Å². The smallest absolute Gasteiger partial charge is 0.159 e. The molecule has 0 fully saturated rings. The zero-order valence-electron chi connectivity index (χ0n) is 12.2. The second kappa shape index (κ2) is 6.14. The molecule has 0 atom stereocenters. The van der Waals surface area contributed by atoms with Crippen LogP contribution < -0.4 is 0 Å². The van der Waals surface area contributed by atoms with Crippen molar-refractivity contribution in [3.63, 3.8) is 0 Å². The van der Waals surface area contributed by atoms with Crippen LogP contribution in [0.2, 0.25) is 0 Å². The molecular weight excluding hydrogens is 224 g/mol. The van der Waals surface area contributed by atoms with Crippen LogP contribution in [0.15, 0.2) is 18.2 Å². The number of ketones is 1. The summed E-state index contributed by atoms with van der Waals surface area (Å²) >= 11 is 0. The molecule has 0 aliphatic heterocycles. The van der Waals surface area contributed by atoms with E-state index < -0.39 is 0 Å². The standard InChI is InChI=1S/C16H24O2/c1-6-7-18-11-13-8-14(12(2)17)10-15(9-13)16(3,4)5/h8-10H,6-7,11H2,1-5H3. The number of carbonyl (C=O) groups excluding carboxylic acids is 1. The molecule has 0 saturated carbocycles. The van der Waals surface area contributed by atoms with Crippen molar-refractivity contribution in [2.75, 3.05) is 6.61 Å². The first-order valence-corrected chi connectivity index (χ1v) is 6.57. The Labute approximate surface area is 110 Å². The Morgan fingerprint density at radius 2 is 1.89 bits per heavy atom. The van der Waals surface area contributed by atoms with Crippen LogP contribution >= 0.6 is 0 Å². The Balaban J connectivity index is 3.03. The summed E-state index contributed by atoms with van der Waals surface area (Å²) in [5, 5.41) is 0. The van der Waals surface area contributed by atoms with E-state index in [1.54, 1.807) is 6.92 Å². The SMILES string of the molecule is CCCOCc1cc(C(C)=O)cc(C(C)(C)C)c1. The van der Waals surface area contributed by atoms with Crippen LogP contribution in [0.25, 0.3) is 0 Å². The maximum Gasteiger partial charge on any atom is 0.159 e. The summed E-state index contributed by atoms with van der Waals surface area (Å²) in [5.74, 6) is 0.109. The van der Waals surface area contributed by atoms with Gasteiger partial charge in [0.05, 0.1) is 6.61 Å². The molecule has 100 valence electrons. The third-order valence-electron chi connectivity index (χ3n) is 2.88. The molecule has 0 spiro atoms. The summed E-state index contributed by atoms with van der Waals surface area (Å²) in [5.41, 5.74) is 3.09. The Hall–Kier alpha value is -1.15. The maximum atomic E-state index is 11.6. The molecule has 0 unspecified atom stereocenters. The van der Waals surface area contributed by atoms with Gasteiger partial charge in [0.15, 0.2) is 5.78 Å². The fourth-order valence-electron chi connectivity index (χ4n) is 1.75. The number of Topliss-reactive ketones (excluding diaryl/α,β-unsaturated/α-hetero) is 1. The van der Waals surface area contributed by atoms with Gasteiger partial charge in [-0.25, -0.2) is 0 Å². The van der Waals surface area contributed by atoms with Crippen LogP contribution in [0.5, 0.6) is 0 Å². The zero-order valence-corrected chi connectivity index (χ0v) is 12.2. The summed E-state index contributed by atoms with van der Waals surface area (Å²) in [4.78, 5) is 11.6. The lowest BCUT2D eigenvalue weighted by atomic mass is 9.84. The zero-order chi connectivity index (χ0) is 13.8. The molecule has 0 aromatic heterocycles. The highest BCUT2D eigenvalue weighted by Gasteiger charge is 2.16. The van der Waals surface area contributed by atoms with Gasteiger partial charge in [-0.2, -0.15) is 0 Å². The molecule has 1 aromatic carbocycles. The van der Waals surface area contributed by atoms with Crippen molar-refractivity contribution in [2.24, 2.45) is 0 Å². The van der Waals surface area contributed by atoms with Gasteiger partial charge in [-0.1, -0.05) is 33.8 Å². The summed E-state index contributed by atoms with van der Waals surface area (Å²) < 4.78 is 5.56. The number of rotatable bonds is 5. The Kier molecular flexibility index (Phi) is 5.09. The predicted molar refractivity (Wildman–Crippen MR) is 75.1 cm³/mol. The fraction of sp³-hybridized carbons (Fsp3) is 0.562. The number of benzene rings is 1. The fourth-order valence-corrected chi connectivity index (χ4v) is 1.75. The van der Waals surface area contributed by atoms with E-state index >= 15 is 0 Å². The molecule has 0 aliphatic rings. The van der Waals surface area contributed by atoms with Gasteiger partial charge in [-0.05, 0) is 42.0 Å². The quantitative estimate of drug-likeness (QED) is 0.579. The lowest BCUT2D eigenvalue weighted by molar-refractivity contribution is 0.101. The van der Waals surface area contributed by atoms with Crippen molar-refractivity contribution in [2.45, 2.75) is 53.1 Å². The van der Waals surface area contributed by atoms with Crippen LogP contribution in [-0.2, 0) is 16.8 Å². The van der Waals surface area contributed by atoms with Crippen LogP contribution in [0.4, 0.5) is 0 Å². The van der Waals surface area contributed by atoms with Crippen molar-refractivity contribution in [3.8, 4) is 0 Å². The molecule has 0 heterocycles. The molecule has 2 heteroatoms. The molecule has 18 heavy (non-hydrogen) atoms. The van der Waals surface area contributed by atoms with E-state index in [0.717, 1.165) is 24.2 Å². The maximum absolute atomic E-state index is 11.6. The van der Waals surface area contributed by atoms with E-state index in [-0.39, 0.29) is 11.2 Å². The average molecular weight is 248 g/mol. The number of ether oxygens (including phenoxy) is 1. The molecule has 0 radical (unpaired) electrons. The van der Waals surface area contributed by atoms with E-state index in [2.05, 4.69) is 33.8 Å². The first-order valence-electron chi connectivity index (χ1n) is 6.57. The van der Waals surface area contributed by atoms with Gasteiger partial charge in [0.1, 0.15) is 0 Å². The highest BCUT2D eigenvalue weighted by molar-refractivity contribution is 5.94. The lowest BCUT2D eigenvalue weighted by Gasteiger charge is -2.21. The molecule has 0 bridgehead atoms. The van der Waals surface area contributed by atoms with Crippen molar-refractivity contribution in [1.29, 1.82) is 0 Å². The molecular formula is C16H24O2. The monoisotopic (exact) mass is 248 g/mol. The third-order valence-corrected chi connectivity index (χ3v) is 2.88. The van der Waals surface area contributed by atoms with E-state index in [9.17, 15) is 4.79 Å². The summed E-state index contributed by atoms with van der Waals surface area (Å²) in [6.07, 6.45) is 1.01. The lowest BCUT2D eigenvalue weighted by Crippen LogP contribution is -2.13. The first kappa shape index (κ1) is 14.9. The van der Waals surface area contributed by atoms with Gasteiger partial charge in [-0.3, -0.25) is 4.79 Å². The normalized spacial score (nSPS) is 11.6. The Morgan fingerprint density at radius 3 is 2.39 bits per heavy atom. The van der Waals surface area contributed by atoms with Crippen LogP contribution in [0, 0.1) is 0 Å². The molecule has 0 aliphatic carbocycles. The van der Waals surface area contributed by atoms with Crippen LogP contribution in [-0.4, -0.2) is 12.4 Å². The second-order valence-electron chi connectivity index (χ2n) is 5.78. The predicted octanol–water partition coefficient (Wildman–Crippen LogP) is 4.11. The topological polar surface area (TPSA) is 26.3 Å². The van der Waals surface area contributed by atoms with E-state index in [1.807, 2.05) is 12.1 Å². The van der Waals surface area contributed by atoms with Gasteiger partial charge >= 0.3 is 0 Å². The summed E-state index contributed by atoms with van der Waals surface area (Å²) in [6.45, 7) is 11.5. The average Bonchev–Trinajstić information content (AvgIpc) is 2.28. The van der Waals surface area contributed by atoms with Gasteiger partial charge in [0, 0.05) is 12.2 Å². The van der Waals surface area contributed by atoms with E-state index in [4.69, 9.17) is 4.74 Å². The molecule has 0 saturated heterocycles. The second-order valence-corrected chi connectivity index (χ2v) is 5.78. The van der Waals surface area contributed by atoms with E-state index in [1.165, 1.54) is 5.56 Å². The first-order chi connectivity index (χ1) is 8.34. The van der Waals surface area contributed by atoms with Crippen LogP contribution in [0.1, 0.15) is 62.5 Å². The third kappa shape index (κ3) is 4.26. The van der Waals surface area contributed by atoms with Crippen molar-refractivity contribution < 1.29 is 9.53 Å². The minimum atomic E-state index is 0.0466. The van der Waals surface area contributed by atoms with Crippen molar-refractivity contribution >= 4 is 5.78 Å². The summed E-state index contributed by atoms with van der Waals surface area (Å²) in [7, 11) is 0. The largest absolute Gasteiger partial charge is 0.377 e. The van der Waals surface area contributed by atoms with Gasteiger partial charge in [0.2, 0.25) is 0 Å². The molecule has 0 N–H and O–H groups in total. The van der Waals surface area contributed by atoms with Crippen molar-refractivity contribution in [1.82, 2.24) is 0 Å². The number of hydrogen-bond acceptors (Lipinski definition) is 2. The Morgan fingerprint density at radius 1 is 1.22 bits per heavy atom. The molecule has 2 nitrogen and oxygen atoms in total. The van der Waals surface area contributed by atoms with Crippen molar-refractivity contribution in [3.05, 3.63) is 34.9 Å². The highest BCUT2D eigenvalue weighted by Crippen LogP contribution is 2.25. The number of carbonyl (C=O) groups is 1. The minimum absolute atomic E-state index is 0.0466.